The maximum Gasteiger partial charge on any atom is 0.335 e. The normalized spacial score (nSPS) is 32.2. The Bertz CT molecular complexity index is 1500. The number of rotatable bonds is 5. The molecule has 2 fully saturated rings. The average molecular weight is 578 g/mol. The van der Waals surface area contributed by atoms with Crippen molar-refractivity contribution in [2.24, 2.45) is 0 Å². The Balaban J connectivity index is 1.55. The van der Waals surface area contributed by atoms with Crippen molar-refractivity contribution in [2.75, 3.05) is 6.61 Å². The van der Waals surface area contributed by atoms with Gasteiger partial charge in [-0.05, 0) is 24.3 Å². The molecule has 0 aliphatic carbocycles. The molecule has 220 valence electrons. The van der Waals surface area contributed by atoms with Crippen molar-refractivity contribution >= 4 is 16.9 Å². The summed E-state index contributed by atoms with van der Waals surface area (Å²) in [6.07, 6.45) is -17.0. The number of aromatic hydroxyl groups is 3. The molecule has 3 heterocycles. The van der Waals surface area contributed by atoms with Gasteiger partial charge in [-0.25, -0.2) is 4.79 Å². The van der Waals surface area contributed by atoms with E-state index >= 15 is 0 Å². The summed E-state index contributed by atoms with van der Waals surface area (Å²) < 4.78 is 21.9. The average Bonchev–Trinajstić information content (AvgIpc) is 2.92. The molecule has 5 rings (SSSR count). The maximum absolute atomic E-state index is 13.1. The van der Waals surface area contributed by atoms with Crippen molar-refractivity contribution in [1.29, 1.82) is 0 Å². The van der Waals surface area contributed by atoms with Gasteiger partial charge >= 0.3 is 5.97 Å². The Morgan fingerprint density at radius 2 is 1.59 bits per heavy atom. The number of carboxylic acid groups (broad SMARTS) is 1. The summed E-state index contributed by atoms with van der Waals surface area (Å²) in [6, 6.07) is 7.75. The van der Waals surface area contributed by atoms with Crippen molar-refractivity contribution in [3.63, 3.8) is 0 Å². The van der Waals surface area contributed by atoms with Gasteiger partial charge < -0.3 is 64.6 Å². The molecule has 2 saturated heterocycles. The highest BCUT2D eigenvalue weighted by Crippen LogP contribution is 2.45. The highest BCUT2D eigenvalue weighted by atomic mass is 16.7. The van der Waals surface area contributed by atoms with Crippen molar-refractivity contribution in [3.8, 4) is 28.6 Å². The third kappa shape index (κ3) is 5.09. The highest BCUT2D eigenvalue weighted by Gasteiger charge is 2.51. The first-order chi connectivity index (χ1) is 19.4. The van der Waals surface area contributed by atoms with E-state index in [0.717, 1.165) is 12.1 Å². The molecule has 9 N–H and O–H groups in total. The number of fused-ring (bicyclic) bond motifs is 1. The standard InChI is InChI=1S/C26H26O15/c27-9-3-1-8(2-4-9)13-5-10(28)15-14(39-13)6-11(29)16(18(15)32)22-23(17(31)12(30)7-38-22)40-26-21(35)19(33)20(34)24(41-26)25(36)37/h1-6,12,17,19-24,26-27,29-35H,7H2,(H,36,37)/t12-,17+,19+,20+,21-,22+,23-,24+,26-/m1/s1. The van der Waals surface area contributed by atoms with Gasteiger partial charge in [0.05, 0.1) is 12.2 Å². The molecule has 2 aliphatic rings. The number of phenolic OH excluding ortho intramolecular Hbond substituents is 3. The number of aliphatic hydroxyl groups is 5. The Labute approximate surface area is 229 Å². The molecule has 9 atom stereocenters. The third-order valence-corrected chi connectivity index (χ3v) is 7.03. The molecular formula is C26H26O15. The van der Waals surface area contributed by atoms with Crippen LogP contribution in [0.5, 0.6) is 17.2 Å². The molecule has 3 aromatic rings. The minimum atomic E-state index is -2.05. The van der Waals surface area contributed by atoms with Crippen molar-refractivity contribution in [1.82, 2.24) is 0 Å². The largest absolute Gasteiger partial charge is 0.508 e. The molecule has 0 amide bonds. The number of ether oxygens (including phenoxy) is 3. The van der Waals surface area contributed by atoms with Crippen molar-refractivity contribution in [3.05, 3.63) is 52.2 Å². The van der Waals surface area contributed by atoms with Gasteiger partial charge in [-0.15, -0.1) is 0 Å². The Kier molecular flexibility index (Phi) is 7.62. The summed E-state index contributed by atoms with van der Waals surface area (Å²) in [5, 5.41) is 91.8. The number of benzene rings is 2. The molecule has 41 heavy (non-hydrogen) atoms. The predicted octanol–water partition coefficient (Wildman–Crippen LogP) is -1.35. The zero-order valence-corrected chi connectivity index (χ0v) is 20.8. The minimum Gasteiger partial charge on any atom is -0.508 e. The lowest BCUT2D eigenvalue weighted by Crippen LogP contribution is -2.62. The first kappa shape index (κ1) is 28.7. The summed E-state index contributed by atoms with van der Waals surface area (Å²) in [5.41, 5.74) is -1.04. The quantitative estimate of drug-likeness (QED) is 0.169. The molecule has 0 unspecified atom stereocenters. The molecule has 15 heteroatoms. The van der Waals surface area contributed by atoms with Crippen LogP contribution in [0.2, 0.25) is 0 Å². The Hall–Kier alpha value is -3.80. The van der Waals surface area contributed by atoms with Gasteiger partial charge in [0.2, 0.25) is 0 Å². The lowest BCUT2D eigenvalue weighted by Gasteiger charge is -2.44. The molecular weight excluding hydrogens is 552 g/mol. The van der Waals surface area contributed by atoms with Crippen LogP contribution in [-0.2, 0) is 19.0 Å². The fourth-order valence-corrected chi connectivity index (χ4v) is 4.87. The summed E-state index contributed by atoms with van der Waals surface area (Å²) in [5.74, 6) is -3.18. The van der Waals surface area contributed by atoms with Crippen LogP contribution in [0.1, 0.15) is 11.7 Å². The maximum atomic E-state index is 13.1. The summed E-state index contributed by atoms with van der Waals surface area (Å²) >= 11 is 0. The molecule has 0 radical (unpaired) electrons. The number of carbonyl (C=O) groups is 1. The zero-order chi connectivity index (χ0) is 29.7. The van der Waals surface area contributed by atoms with E-state index in [2.05, 4.69) is 0 Å². The summed E-state index contributed by atoms with van der Waals surface area (Å²) in [7, 11) is 0. The van der Waals surface area contributed by atoms with Gasteiger partial charge in [0.1, 0.15) is 76.7 Å². The second-order valence-electron chi connectivity index (χ2n) is 9.70. The molecule has 2 aliphatic heterocycles. The minimum absolute atomic E-state index is 0.0244. The molecule has 0 bridgehead atoms. The number of aliphatic carboxylic acids is 1. The van der Waals surface area contributed by atoms with Crippen LogP contribution in [0.15, 0.2) is 45.6 Å². The monoisotopic (exact) mass is 578 g/mol. The van der Waals surface area contributed by atoms with Crippen molar-refractivity contribution in [2.45, 2.75) is 55.1 Å². The Morgan fingerprint density at radius 1 is 0.902 bits per heavy atom. The van der Waals surface area contributed by atoms with Crippen LogP contribution in [0.4, 0.5) is 0 Å². The van der Waals surface area contributed by atoms with Crippen LogP contribution in [0.25, 0.3) is 22.3 Å². The third-order valence-electron chi connectivity index (χ3n) is 7.03. The second-order valence-corrected chi connectivity index (χ2v) is 9.70. The van der Waals surface area contributed by atoms with E-state index in [0.29, 0.717) is 5.56 Å². The molecule has 15 nitrogen and oxygen atoms in total. The second kappa shape index (κ2) is 10.9. The van der Waals surface area contributed by atoms with Crippen LogP contribution in [0, 0.1) is 0 Å². The summed E-state index contributed by atoms with van der Waals surface area (Å²) in [6.45, 7) is -0.538. The molecule has 2 aromatic carbocycles. The predicted molar refractivity (Wildman–Crippen MR) is 133 cm³/mol. The van der Waals surface area contributed by atoms with Crippen LogP contribution >= 0.6 is 0 Å². The lowest BCUT2D eigenvalue weighted by atomic mass is 9.91. The van der Waals surface area contributed by atoms with Gasteiger partial charge in [0.25, 0.3) is 0 Å². The first-order valence-electron chi connectivity index (χ1n) is 12.3. The van der Waals surface area contributed by atoms with Gasteiger partial charge in [-0.1, -0.05) is 0 Å². The van der Waals surface area contributed by atoms with Crippen LogP contribution in [0.3, 0.4) is 0 Å². The smallest absolute Gasteiger partial charge is 0.335 e. The van der Waals surface area contributed by atoms with E-state index in [4.69, 9.17) is 18.6 Å². The summed E-state index contributed by atoms with van der Waals surface area (Å²) in [4.78, 5) is 24.5. The first-order valence-corrected chi connectivity index (χ1v) is 12.3. The van der Waals surface area contributed by atoms with E-state index in [1.807, 2.05) is 0 Å². The number of hydrogen-bond acceptors (Lipinski definition) is 14. The SMILES string of the molecule is O=C(O)[C@H]1O[C@@H](O[C@@H]2[C@@H](O)[C@H](O)CO[C@H]2c2c(O)cc3oc(-c4ccc(O)cc4)cc(=O)c3c2O)[C@H](O)[C@@H](O)[C@@H]1O. The van der Waals surface area contributed by atoms with E-state index in [1.54, 1.807) is 0 Å². The fraction of sp³-hybridized carbons (Fsp3) is 0.385. The van der Waals surface area contributed by atoms with Crippen molar-refractivity contribution < 1.29 is 69.4 Å². The zero-order valence-electron chi connectivity index (χ0n) is 20.8. The number of aliphatic hydroxyl groups excluding tert-OH is 5. The Morgan fingerprint density at radius 3 is 2.24 bits per heavy atom. The fourth-order valence-electron chi connectivity index (χ4n) is 4.87. The number of hydrogen-bond donors (Lipinski definition) is 9. The van der Waals surface area contributed by atoms with E-state index in [-0.39, 0.29) is 22.5 Å². The highest BCUT2D eigenvalue weighted by molar-refractivity contribution is 5.88. The molecule has 1 aromatic heterocycles. The van der Waals surface area contributed by atoms with Gasteiger partial charge in [0.15, 0.2) is 17.8 Å². The van der Waals surface area contributed by atoms with Gasteiger partial charge in [0, 0.05) is 17.7 Å². The van der Waals surface area contributed by atoms with Crippen LogP contribution in [-0.4, -0.2) is 108 Å². The lowest BCUT2D eigenvalue weighted by molar-refractivity contribution is -0.330. The van der Waals surface area contributed by atoms with Gasteiger partial charge in [-0.3, -0.25) is 4.79 Å². The molecule has 0 saturated carbocycles. The molecule has 0 spiro atoms. The van der Waals surface area contributed by atoms with E-state index in [9.17, 15) is 55.5 Å². The number of phenols is 3. The van der Waals surface area contributed by atoms with E-state index < -0.39 is 90.2 Å². The van der Waals surface area contributed by atoms with Gasteiger partial charge in [-0.2, -0.15) is 0 Å². The topological polar surface area (TPSA) is 257 Å². The number of carboxylic acids is 1. The van der Waals surface area contributed by atoms with E-state index in [1.165, 1.54) is 24.3 Å². The van der Waals surface area contributed by atoms with Crippen LogP contribution < -0.4 is 5.43 Å².